The fourth-order valence-corrected chi connectivity index (χ4v) is 2.98. The van der Waals surface area contributed by atoms with E-state index in [1.54, 1.807) is 24.3 Å². The Balaban J connectivity index is 2.15. The highest BCUT2D eigenvalue weighted by molar-refractivity contribution is 6.14. The summed E-state index contributed by atoms with van der Waals surface area (Å²) in [6.45, 7) is 0. The van der Waals surface area contributed by atoms with E-state index in [2.05, 4.69) is 9.97 Å². The van der Waals surface area contributed by atoms with Crippen LogP contribution in [0.2, 0.25) is 0 Å². The van der Waals surface area contributed by atoms with E-state index in [-0.39, 0.29) is 17.0 Å². The molecule has 0 saturated carbocycles. The molecule has 4 rings (SSSR count). The molecule has 0 amide bonds. The van der Waals surface area contributed by atoms with Crippen LogP contribution in [0.15, 0.2) is 54.7 Å². The van der Waals surface area contributed by atoms with E-state index < -0.39 is 11.7 Å². The van der Waals surface area contributed by atoms with Crippen LogP contribution in [-0.2, 0) is 6.18 Å². The van der Waals surface area contributed by atoms with Gasteiger partial charge in [0.1, 0.15) is 0 Å². The average Bonchev–Trinajstić information content (AvgIpc) is 2.95. The minimum Gasteiger partial charge on any atom is -0.504 e. The molecule has 6 heteroatoms. The van der Waals surface area contributed by atoms with E-state index in [9.17, 15) is 18.3 Å². The predicted molar refractivity (Wildman–Crippen MR) is 85.7 cm³/mol. The lowest BCUT2D eigenvalue weighted by Crippen LogP contribution is -2.07. The van der Waals surface area contributed by atoms with Crippen LogP contribution in [0.25, 0.3) is 33.1 Å². The minimum absolute atomic E-state index is 0.0141. The van der Waals surface area contributed by atoms with E-state index in [0.29, 0.717) is 16.3 Å². The average molecular weight is 328 g/mol. The van der Waals surface area contributed by atoms with Crippen molar-refractivity contribution in [3.8, 4) is 17.0 Å². The van der Waals surface area contributed by atoms with E-state index in [1.807, 2.05) is 6.07 Å². The van der Waals surface area contributed by atoms with Crippen molar-refractivity contribution in [1.29, 1.82) is 0 Å². The molecule has 0 bridgehead atoms. The van der Waals surface area contributed by atoms with Gasteiger partial charge in [-0.2, -0.15) is 13.2 Å². The Morgan fingerprint density at radius 3 is 2.46 bits per heavy atom. The summed E-state index contributed by atoms with van der Waals surface area (Å²) in [5, 5.41) is 11.2. The molecular weight excluding hydrogens is 317 g/mol. The van der Waals surface area contributed by atoms with Crippen LogP contribution in [0.4, 0.5) is 13.2 Å². The maximum absolute atomic E-state index is 13.4. The standard InChI is InChI=1S/C18H11F3N2O/c19-18(20,21)12-7-3-1-5-10(12)16-15-11-6-2-4-8-13(11)23-17(15)14(24)9-22-16/h1-9,23-24H. The van der Waals surface area contributed by atoms with Gasteiger partial charge in [-0.15, -0.1) is 0 Å². The molecule has 0 saturated heterocycles. The molecule has 0 radical (unpaired) electrons. The highest BCUT2D eigenvalue weighted by Gasteiger charge is 2.34. The summed E-state index contributed by atoms with van der Waals surface area (Å²) in [5.41, 5.74) is 0.516. The van der Waals surface area contributed by atoms with Gasteiger partial charge in [-0.25, -0.2) is 0 Å². The smallest absolute Gasteiger partial charge is 0.417 e. The molecule has 2 aromatic heterocycles. The van der Waals surface area contributed by atoms with E-state index in [1.165, 1.54) is 18.3 Å². The molecule has 2 heterocycles. The molecule has 0 aliphatic carbocycles. The first-order valence-corrected chi connectivity index (χ1v) is 7.22. The number of pyridine rings is 1. The first kappa shape index (κ1) is 14.6. The maximum Gasteiger partial charge on any atom is 0.417 e. The number of aromatic nitrogens is 2. The van der Waals surface area contributed by atoms with Crippen LogP contribution in [-0.4, -0.2) is 15.1 Å². The lowest BCUT2D eigenvalue weighted by Gasteiger charge is -2.13. The number of aromatic amines is 1. The van der Waals surface area contributed by atoms with Crippen molar-refractivity contribution >= 4 is 21.8 Å². The zero-order chi connectivity index (χ0) is 16.9. The molecule has 3 nitrogen and oxygen atoms in total. The molecule has 4 aromatic rings. The number of fused-ring (bicyclic) bond motifs is 3. The van der Waals surface area contributed by atoms with Gasteiger partial charge in [0.2, 0.25) is 0 Å². The van der Waals surface area contributed by atoms with Gasteiger partial charge in [-0.05, 0) is 12.1 Å². The van der Waals surface area contributed by atoms with Crippen LogP contribution in [0.5, 0.6) is 5.75 Å². The van der Waals surface area contributed by atoms with Gasteiger partial charge >= 0.3 is 6.18 Å². The Labute approximate surface area is 134 Å². The Bertz CT molecular complexity index is 1070. The number of halogens is 3. The van der Waals surface area contributed by atoms with Crippen molar-refractivity contribution < 1.29 is 18.3 Å². The number of nitrogens with zero attached hydrogens (tertiary/aromatic N) is 1. The number of benzene rings is 2. The number of alkyl halides is 3. The van der Waals surface area contributed by atoms with Crippen molar-refractivity contribution in [1.82, 2.24) is 9.97 Å². The van der Waals surface area contributed by atoms with Gasteiger partial charge in [0, 0.05) is 21.9 Å². The number of H-pyrrole nitrogens is 1. The van der Waals surface area contributed by atoms with E-state index in [0.717, 1.165) is 11.6 Å². The van der Waals surface area contributed by atoms with Crippen molar-refractivity contribution in [2.45, 2.75) is 6.18 Å². The molecule has 0 fully saturated rings. The molecule has 0 aliphatic heterocycles. The summed E-state index contributed by atoms with van der Waals surface area (Å²) in [7, 11) is 0. The summed E-state index contributed by atoms with van der Waals surface area (Å²) in [4.78, 5) is 7.15. The van der Waals surface area contributed by atoms with Crippen molar-refractivity contribution in [2.75, 3.05) is 0 Å². The lowest BCUT2D eigenvalue weighted by molar-refractivity contribution is -0.137. The fourth-order valence-electron chi connectivity index (χ4n) is 2.98. The van der Waals surface area contributed by atoms with Crippen LogP contribution in [0, 0.1) is 0 Å². The first-order valence-electron chi connectivity index (χ1n) is 7.22. The fraction of sp³-hybridized carbons (Fsp3) is 0.0556. The molecule has 0 atom stereocenters. The quantitative estimate of drug-likeness (QED) is 0.510. The maximum atomic E-state index is 13.4. The number of hydrogen-bond acceptors (Lipinski definition) is 2. The number of hydrogen-bond donors (Lipinski definition) is 2. The minimum atomic E-state index is -4.49. The summed E-state index contributed by atoms with van der Waals surface area (Å²) in [5.74, 6) is -0.102. The first-order chi connectivity index (χ1) is 11.5. The molecule has 2 aromatic carbocycles. The SMILES string of the molecule is Oc1cnc(-c2ccccc2C(F)(F)F)c2c1[nH]c1ccccc12. The van der Waals surface area contributed by atoms with Crippen LogP contribution >= 0.6 is 0 Å². The molecular formula is C18H11F3N2O. The largest absolute Gasteiger partial charge is 0.504 e. The van der Waals surface area contributed by atoms with Gasteiger partial charge in [-0.1, -0.05) is 36.4 Å². The van der Waals surface area contributed by atoms with Crippen LogP contribution in [0.1, 0.15) is 5.56 Å². The molecule has 2 N–H and O–H groups in total. The third-order valence-corrected chi connectivity index (χ3v) is 4.00. The van der Waals surface area contributed by atoms with Gasteiger partial charge in [0.15, 0.2) is 5.75 Å². The van der Waals surface area contributed by atoms with Crippen molar-refractivity contribution in [3.05, 3.63) is 60.3 Å². The van der Waals surface area contributed by atoms with Crippen molar-refractivity contribution in [2.24, 2.45) is 0 Å². The highest BCUT2D eigenvalue weighted by atomic mass is 19.4. The number of nitrogens with one attached hydrogen (secondary N) is 1. The van der Waals surface area contributed by atoms with Gasteiger partial charge in [0.25, 0.3) is 0 Å². The summed E-state index contributed by atoms with van der Waals surface area (Å²) in [6, 6.07) is 12.5. The second-order valence-corrected chi connectivity index (χ2v) is 5.46. The normalized spacial score (nSPS) is 12.1. The molecule has 0 aliphatic rings. The predicted octanol–water partition coefficient (Wildman–Crippen LogP) is 5.11. The van der Waals surface area contributed by atoms with E-state index >= 15 is 0 Å². The zero-order valence-corrected chi connectivity index (χ0v) is 12.2. The Morgan fingerprint density at radius 1 is 0.958 bits per heavy atom. The summed E-state index contributed by atoms with van der Waals surface area (Å²) >= 11 is 0. The van der Waals surface area contributed by atoms with E-state index in [4.69, 9.17) is 0 Å². The number of para-hydroxylation sites is 1. The number of rotatable bonds is 1. The van der Waals surface area contributed by atoms with Gasteiger partial charge in [0.05, 0.1) is 23.0 Å². The lowest BCUT2D eigenvalue weighted by atomic mass is 9.99. The van der Waals surface area contributed by atoms with Gasteiger partial charge < -0.3 is 10.1 Å². The second kappa shape index (κ2) is 4.99. The number of aromatic hydroxyl groups is 1. The molecule has 24 heavy (non-hydrogen) atoms. The molecule has 0 spiro atoms. The summed E-state index contributed by atoms with van der Waals surface area (Å²) in [6.07, 6.45) is -3.32. The molecule has 0 unspecified atom stereocenters. The second-order valence-electron chi connectivity index (χ2n) is 5.46. The Morgan fingerprint density at radius 2 is 1.67 bits per heavy atom. The third-order valence-electron chi connectivity index (χ3n) is 4.00. The monoisotopic (exact) mass is 328 g/mol. The Kier molecular flexibility index (Phi) is 3.03. The highest BCUT2D eigenvalue weighted by Crippen LogP contribution is 2.41. The van der Waals surface area contributed by atoms with Crippen LogP contribution < -0.4 is 0 Å². The zero-order valence-electron chi connectivity index (χ0n) is 12.2. The van der Waals surface area contributed by atoms with Crippen LogP contribution in [0.3, 0.4) is 0 Å². The van der Waals surface area contributed by atoms with Gasteiger partial charge in [-0.3, -0.25) is 4.98 Å². The Hall–Kier alpha value is -3.02. The van der Waals surface area contributed by atoms with Crippen molar-refractivity contribution in [3.63, 3.8) is 0 Å². The summed E-state index contributed by atoms with van der Waals surface area (Å²) < 4.78 is 40.1. The molecule has 120 valence electrons. The third kappa shape index (κ3) is 2.11. The topological polar surface area (TPSA) is 48.9 Å².